The van der Waals surface area contributed by atoms with E-state index in [0.717, 1.165) is 33.7 Å². The van der Waals surface area contributed by atoms with Crippen LogP contribution in [0, 0.1) is 0 Å². The second-order valence-electron chi connectivity index (χ2n) is 6.42. The molecule has 0 atom stereocenters. The number of rotatable bonds is 4. The van der Waals surface area contributed by atoms with E-state index in [4.69, 9.17) is 22.1 Å². The van der Waals surface area contributed by atoms with Crippen LogP contribution >= 0.6 is 23.4 Å². The minimum atomic E-state index is -0.442. The Hall–Kier alpha value is -2.75. The Morgan fingerprint density at radius 2 is 2.03 bits per heavy atom. The van der Waals surface area contributed by atoms with Crippen LogP contribution in [0.3, 0.4) is 0 Å². The molecule has 8 nitrogen and oxygen atoms in total. The maximum atomic E-state index is 11.7. The van der Waals surface area contributed by atoms with Crippen LogP contribution in [0.5, 0.6) is 0 Å². The lowest BCUT2D eigenvalue weighted by Crippen LogP contribution is -2.29. The highest BCUT2D eigenvalue weighted by atomic mass is 35.5. The molecule has 0 spiro atoms. The van der Waals surface area contributed by atoms with Crippen molar-refractivity contribution < 1.29 is 14.3 Å². The summed E-state index contributed by atoms with van der Waals surface area (Å²) in [5.74, 6) is -0.553. The van der Waals surface area contributed by atoms with Gasteiger partial charge in [0.2, 0.25) is 17.8 Å². The minimum Gasteiger partial charge on any atom is -0.372 e. The molecule has 0 fully saturated rings. The Morgan fingerprint density at radius 1 is 1.24 bits per heavy atom. The van der Waals surface area contributed by atoms with Gasteiger partial charge in [-0.2, -0.15) is 9.97 Å². The fourth-order valence-corrected chi connectivity index (χ4v) is 4.22. The maximum Gasteiger partial charge on any atom is 0.237 e. The van der Waals surface area contributed by atoms with Gasteiger partial charge in [-0.3, -0.25) is 14.9 Å². The number of halogens is 1. The zero-order valence-electron chi connectivity index (χ0n) is 15.4. The molecule has 0 bridgehead atoms. The third-order valence-electron chi connectivity index (χ3n) is 4.30. The quantitative estimate of drug-likeness (QED) is 0.607. The van der Waals surface area contributed by atoms with Crippen molar-refractivity contribution in [2.24, 2.45) is 0 Å². The van der Waals surface area contributed by atoms with Crippen LogP contribution < -0.4 is 11.1 Å². The van der Waals surface area contributed by atoms with Crippen molar-refractivity contribution in [1.29, 1.82) is 0 Å². The Morgan fingerprint density at radius 3 is 2.83 bits per heavy atom. The summed E-state index contributed by atoms with van der Waals surface area (Å²) in [6.07, 6.45) is 0. The monoisotopic (exact) mass is 429 g/mol. The number of ether oxygens (including phenoxy) is 1. The number of amides is 2. The second kappa shape index (κ2) is 7.94. The Kier molecular flexibility index (Phi) is 5.35. The average molecular weight is 430 g/mol. The molecule has 3 N–H and O–H groups in total. The summed E-state index contributed by atoms with van der Waals surface area (Å²) in [6.45, 7) is 2.28. The first-order chi connectivity index (χ1) is 13.9. The zero-order valence-corrected chi connectivity index (χ0v) is 16.9. The molecular weight excluding hydrogens is 414 g/mol. The highest BCUT2D eigenvalue weighted by Gasteiger charge is 2.21. The Balaban J connectivity index is 1.76. The molecule has 1 aliphatic rings. The van der Waals surface area contributed by atoms with Crippen LogP contribution in [0.15, 0.2) is 29.4 Å². The van der Waals surface area contributed by atoms with E-state index in [-0.39, 0.29) is 16.9 Å². The first-order valence-electron chi connectivity index (χ1n) is 8.68. The van der Waals surface area contributed by atoms with Crippen LogP contribution in [0.4, 0.5) is 5.95 Å². The van der Waals surface area contributed by atoms with Crippen LogP contribution in [-0.2, 0) is 27.5 Å². The summed E-state index contributed by atoms with van der Waals surface area (Å²) < 4.78 is 5.62. The lowest BCUT2D eigenvalue weighted by molar-refractivity contribution is -0.127. The highest BCUT2D eigenvalue weighted by Crippen LogP contribution is 2.39. The van der Waals surface area contributed by atoms with E-state index in [1.54, 1.807) is 0 Å². The van der Waals surface area contributed by atoms with Gasteiger partial charge in [-0.1, -0.05) is 41.6 Å². The van der Waals surface area contributed by atoms with Crippen molar-refractivity contribution >= 4 is 51.9 Å². The van der Waals surface area contributed by atoms with Crippen molar-refractivity contribution in [1.82, 2.24) is 20.3 Å². The number of hydrogen-bond acceptors (Lipinski definition) is 8. The number of nitrogen functional groups attached to an aromatic ring is 1. The molecule has 4 rings (SSSR count). The number of benzene rings is 2. The molecule has 148 valence electrons. The van der Waals surface area contributed by atoms with Gasteiger partial charge in [-0.15, -0.1) is 0 Å². The summed E-state index contributed by atoms with van der Waals surface area (Å²) in [5, 5.41) is 4.93. The number of carbonyl (C=O) groups excluding carboxylic acids is 2. The van der Waals surface area contributed by atoms with Crippen LogP contribution in [0.1, 0.15) is 18.1 Å². The van der Waals surface area contributed by atoms with Gasteiger partial charge in [0.05, 0.1) is 24.0 Å². The predicted molar refractivity (Wildman–Crippen MR) is 110 cm³/mol. The number of hydrogen-bond donors (Lipinski definition) is 2. The SMILES string of the molecule is CC(=O)NC(=O)CSc1nc(N)nc(-c2c(Cl)cc3c4c(cccc24)COC3)n1. The topological polar surface area (TPSA) is 120 Å². The van der Waals surface area contributed by atoms with E-state index in [9.17, 15) is 9.59 Å². The fourth-order valence-electron chi connectivity index (χ4n) is 3.26. The summed E-state index contributed by atoms with van der Waals surface area (Å²) in [7, 11) is 0. The number of nitrogens with zero attached hydrogens (tertiary/aromatic N) is 3. The first-order valence-corrected chi connectivity index (χ1v) is 10.0. The third-order valence-corrected chi connectivity index (χ3v) is 5.45. The molecule has 29 heavy (non-hydrogen) atoms. The molecule has 1 aromatic heterocycles. The maximum absolute atomic E-state index is 11.7. The predicted octanol–water partition coefficient (Wildman–Crippen LogP) is 2.71. The van der Waals surface area contributed by atoms with E-state index in [0.29, 0.717) is 29.6 Å². The van der Waals surface area contributed by atoms with Gasteiger partial charge in [0.15, 0.2) is 11.0 Å². The summed E-state index contributed by atoms with van der Waals surface area (Å²) in [6, 6.07) is 7.76. The van der Waals surface area contributed by atoms with E-state index < -0.39 is 11.8 Å². The number of thioether (sulfide) groups is 1. The van der Waals surface area contributed by atoms with E-state index in [1.807, 2.05) is 24.3 Å². The van der Waals surface area contributed by atoms with Gasteiger partial charge in [-0.25, -0.2) is 4.98 Å². The lowest BCUT2D eigenvalue weighted by Gasteiger charge is -2.20. The largest absolute Gasteiger partial charge is 0.372 e. The van der Waals surface area contributed by atoms with Crippen molar-refractivity contribution in [3.8, 4) is 11.4 Å². The molecule has 1 aliphatic heterocycles. The smallest absolute Gasteiger partial charge is 0.237 e. The van der Waals surface area contributed by atoms with Crippen LogP contribution in [-0.4, -0.2) is 32.5 Å². The molecular formula is C19H16ClN5O3S. The molecule has 0 unspecified atom stereocenters. The molecule has 10 heteroatoms. The summed E-state index contributed by atoms with van der Waals surface area (Å²) in [4.78, 5) is 35.5. The number of carbonyl (C=O) groups is 2. The molecule has 2 aromatic carbocycles. The highest BCUT2D eigenvalue weighted by molar-refractivity contribution is 7.99. The molecule has 3 aromatic rings. The number of imide groups is 1. The number of aromatic nitrogens is 3. The van der Waals surface area contributed by atoms with Gasteiger partial charge < -0.3 is 10.5 Å². The fraction of sp³-hybridized carbons (Fsp3) is 0.211. The molecule has 2 amide bonds. The molecule has 0 radical (unpaired) electrons. The normalized spacial score (nSPS) is 12.8. The van der Waals surface area contributed by atoms with Crippen molar-refractivity contribution in [3.63, 3.8) is 0 Å². The average Bonchev–Trinajstić information content (AvgIpc) is 2.66. The molecule has 0 saturated heterocycles. The zero-order chi connectivity index (χ0) is 20.5. The molecule has 0 aliphatic carbocycles. The van der Waals surface area contributed by atoms with Gasteiger partial charge in [0, 0.05) is 12.5 Å². The van der Waals surface area contributed by atoms with Crippen molar-refractivity contribution in [3.05, 3.63) is 40.4 Å². The third kappa shape index (κ3) is 4.02. The van der Waals surface area contributed by atoms with Crippen molar-refractivity contribution in [2.45, 2.75) is 25.3 Å². The summed E-state index contributed by atoms with van der Waals surface area (Å²) >= 11 is 7.64. The Labute approximate surface area is 175 Å². The van der Waals surface area contributed by atoms with E-state index >= 15 is 0 Å². The second-order valence-corrected chi connectivity index (χ2v) is 7.77. The van der Waals surface area contributed by atoms with E-state index in [1.165, 1.54) is 6.92 Å². The standard InChI is InChI=1S/C19H16ClN5O3S/c1-9(26)22-14(27)8-29-19-24-17(23-18(21)25-19)16-12-4-2-3-10-6-28-7-11(15(10)12)5-13(16)20/h2-5H,6-8H2,1H3,(H,22,26,27)(H2,21,23,24,25). The minimum absolute atomic E-state index is 0.0179. The van der Waals surface area contributed by atoms with Gasteiger partial charge in [0.25, 0.3) is 0 Å². The van der Waals surface area contributed by atoms with Gasteiger partial charge in [-0.05, 0) is 28.0 Å². The van der Waals surface area contributed by atoms with Crippen LogP contribution in [0.25, 0.3) is 22.2 Å². The summed E-state index contributed by atoms with van der Waals surface area (Å²) in [5.41, 5.74) is 8.61. The van der Waals surface area contributed by atoms with Crippen molar-refractivity contribution in [2.75, 3.05) is 11.5 Å². The van der Waals surface area contributed by atoms with E-state index in [2.05, 4.69) is 20.3 Å². The van der Waals surface area contributed by atoms with Crippen LogP contribution in [0.2, 0.25) is 5.02 Å². The molecule has 0 saturated carbocycles. The lowest BCUT2D eigenvalue weighted by atomic mass is 9.94. The first kappa shape index (κ1) is 19.6. The Bertz CT molecular complexity index is 1150. The van der Waals surface area contributed by atoms with Gasteiger partial charge in [0.1, 0.15) is 0 Å². The number of nitrogens with one attached hydrogen (secondary N) is 1. The number of anilines is 1. The van der Waals surface area contributed by atoms with Gasteiger partial charge >= 0.3 is 0 Å². The number of nitrogens with two attached hydrogens (primary N) is 1. The molecule has 2 heterocycles.